The van der Waals surface area contributed by atoms with E-state index in [0.29, 0.717) is 18.7 Å². The third-order valence-electron chi connectivity index (χ3n) is 2.67. The van der Waals surface area contributed by atoms with Crippen LogP contribution in [0.3, 0.4) is 0 Å². The monoisotopic (exact) mass is 312 g/mol. The van der Waals surface area contributed by atoms with Crippen LogP contribution in [0.15, 0.2) is 17.0 Å². The molecule has 8 heteroatoms. The lowest BCUT2D eigenvalue weighted by Crippen LogP contribution is -2.17. The van der Waals surface area contributed by atoms with Gasteiger partial charge in [-0.3, -0.25) is 0 Å². The van der Waals surface area contributed by atoms with Crippen molar-refractivity contribution < 1.29 is 26.7 Å². The molecule has 1 aromatic rings. The molecule has 1 aromatic carbocycles. The molecule has 1 atom stereocenters. The molecule has 1 aliphatic rings. The fourth-order valence-electron chi connectivity index (χ4n) is 1.81. The molecule has 1 heterocycles. The van der Waals surface area contributed by atoms with E-state index in [1.54, 1.807) is 0 Å². The fourth-order valence-corrected chi connectivity index (χ4v) is 2.79. The molecule has 19 heavy (non-hydrogen) atoms. The Morgan fingerprint density at radius 3 is 2.74 bits per heavy atom. The molecule has 0 radical (unpaired) electrons. The standard InChI is InChI=1S/C11H11ClF2O4S/c12-19(15,16)10-5-7(13)4-9(14)11(10)18-6-8-2-1-3-17-8/h4-5,8H,1-3,6H2. The topological polar surface area (TPSA) is 52.6 Å². The highest BCUT2D eigenvalue weighted by Gasteiger charge is 2.24. The molecular weight excluding hydrogens is 302 g/mol. The van der Waals surface area contributed by atoms with Gasteiger partial charge in [0.25, 0.3) is 9.05 Å². The summed E-state index contributed by atoms with van der Waals surface area (Å²) in [6, 6.07) is 1.16. The van der Waals surface area contributed by atoms with Gasteiger partial charge in [-0.2, -0.15) is 0 Å². The van der Waals surface area contributed by atoms with E-state index in [2.05, 4.69) is 0 Å². The maximum Gasteiger partial charge on any atom is 0.265 e. The maximum absolute atomic E-state index is 13.6. The maximum atomic E-state index is 13.6. The van der Waals surface area contributed by atoms with Gasteiger partial charge in [0.2, 0.25) is 0 Å². The van der Waals surface area contributed by atoms with Gasteiger partial charge in [-0.05, 0) is 18.9 Å². The summed E-state index contributed by atoms with van der Waals surface area (Å²) in [6.07, 6.45) is 1.38. The summed E-state index contributed by atoms with van der Waals surface area (Å²) < 4.78 is 59.5. The van der Waals surface area contributed by atoms with Crippen molar-refractivity contribution in [3.8, 4) is 5.75 Å². The third kappa shape index (κ3) is 3.55. The minimum absolute atomic E-state index is 0.0119. The lowest BCUT2D eigenvalue weighted by Gasteiger charge is -2.14. The van der Waals surface area contributed by atoms with Crippen LogP contribution in [-0.4, -0.2) is 27.7 Å². The Balaban J connectivity index is 2.27. The van der Waals surface area contributed by atoms with Crippen LogP contribution in [0.5, 0.6) is 5.75 Å². The second-order valence-corrected chi connectivity index (χ2v) is 6.63. The zero-order chi connectivity index (χ0) is 14.0. The SMILES string of the molecule is O=S(=O)(Cl)c1cc(F)cc(F)c1OCC1CCCO1. The van der Waals surface area contributed by atoms with E-state index in [4.69, 9.17) is 20.2 Å². The minimum Gasteiger partial charge on any atom is -0.486 e. The summed E-state index contributed by atoms with van der Waals surface area (Å²) in [5.74, 6) is -2.73. The molecule has 1 unspecified atom stereocenters. The first-order chi connectivity index (χ1) is 8.88. The summed E-state index contributed by atoms with van der Waals surface area (Å²) in [5.41, 5.74) is 0. The number of benzene rings is 1. The predicted molar refractivity (Wildman–Crippen MR) is 63.9 cm³/mol. The Bertz CT molecular complexity index is 570. The first-order valence-corrected chi connectivity index (χ1v) is 7.87. The minimum atomic E-state index is -4.30. The molecule has 4 nitrogen and oxygen atoms in total. The molecule has 0 bridgehead atoms. The second-order valence-electron chi connectivity index (χ2n) is 4.10. The van der Waals surface area contributed by atoms with Gasteiger partial charge in [0.15, 0.2) is 11.6 Å². The molecule has 0 aromatic heterocycles. The van der Waals surface area contributed by atoms with E-state index in [1.807, 2.05) is 0 Å². The van der Waals surface area contributed by atoms with E-state index in [0.717, 1.165) is 12.8 Å². The molecule has 0 saturated carbocycles. The molecule has 106 valence electrons. The highest BCUT2D eigenvalue weighted by molar-refractivity contribution is 8.13. The highest BCUT2D eigenvalue weighted by Crippen LogP contribution is 2.31. The van der Waals surface area contributed by atoms with Crippen molar-refractivity contribution in [1.82, 2.24) is 0 Å². The van der Waals surface area contributed by atoms with Gasteiger partial charge in [-0.15, -0.1) is 0 Å². The number of hydrogen-bond donors (Lipinski definition) is 0. The van der Waals surface area contributed by atoms with Crippen LogP contribution in [0.25, 0.3) is 0 Å². The van der Waals surface area contributed by atoms with Gasteiger partial charge in [0.1, 0.15) is 17.3 Å². The van der Waals surface area contributed by atoms with Crippen molar-refractivity contribution in [1.29, 1.82) is 0 Å². The van der Waals surface area contributed by atoms with Crippen LogP contribution < -0.4 is 4.74 Å². The average Bonchev–Trinajstić information content (AvgIpc) is 2.78. The molecule has 1 saturated heterocycles. The molecular formula is C11H11ClF2O4S. The first-order valence-electron chi connectivity index (χ1n) is 5.56. The number of ether oxygens (including phenoxy) is 2. The zero-order valence-electron chi connectivity index (χ0n) is 9.74. The van der Waals surface area contributed by atoms with Crippen molar-refractivity contribution in [2.24, 2.45) is 0 Å². The van der Waals surface area contributed by atoms with Gasteiger partial charge in [-0.25, -0.2) is 17.2 Å². The van der Waals surface area contributed by atoms with Crippen LogP contribution >= 0.6 is 10.7 Å². The Morgan fingerprint density at radius 1 is 1.42 bits per heavy atom. The summed E-state index contributed by atoms with van der Waals surface area (Å²) in [6.45, 7) is 0.572. The van der Waals surface area contributed by atoms with Crippen molar-refractivity contribution in [3.05, 3.63) is 23.8 Å². The highest BCUT2D eigenvalue weighted by atomic mass is 35.7. The van der Waals surface area contributed by atoms with Crippen LogP contribution in [0.1, 0.15) is 12.8 Å². The van der Waals surface area contributed by atoms with E-state index in [1.165, 1.54) is 0 Å². The summed E-state index contributed by atoms with van der Waals surface area (Å²) in [7, 11) is 0.833. The van der Waals surface area contributed by atoms with Gasteiger partial charge in [0, 0.05) is 23.4 Å². The van der Waals surface area contributed by atoms with Crippen LogP contribution in [0.4, 0.5) is 8.78 Å². The molecule has 0 N–H and O–H groups in total. The van der Waals surface area contributed by atoms with Crippen LogP contribution in [0.2, 0.25) is 0 Å². The van der Waals surface area contributed by atoms with Gasteiger partial charge >= 0.3 is 0 Å². The van der Waals surface area contributed by atoms with E-state index >= 15 is 0 Å². The van der Waals surface area contributed by atoms with Crippen molar-refractivity contribution in [2.45, 2.75) is 23.8 Å². The quantitative estimate of drug-likeness (QED) is 0.801. The summed E-state index contributed by atoms with van der Waals surface area (Å²) in [4.78, 5) is -0.718. The summed E-state index contributed by atoms with van der Waals surface area (Å²) in [5, 5.41) is 0. The molecule has 2 rings (SSSR count). The lowest BCUT2D eigenvalue weighted by atomic mass is 10.2. The van der Waals surface area contributed by atoms with E-state index < -0.39 is 31.3 Å². The van der Waals surface area contributed by atoms with Crippen LogP contribution in [-0.2, 0) is 13.8 Å². The Morgan fingerprint density at radius 2 is 2.16 bits per heavy atom. The second kappa shape index (κ2) is 5.60. The largest absolute Gasteiger partial charge is 0.486 e. The van der Waals surface area contributed by atoms with Gasteiger partial charge in [-0.1, -0.05) is 0 Å². The lowest BCUT2D eigenvalue weighted by molar-refractivity contribution is 0.0654. The Labute approximate surface area is 113 Å². The first kappa shape index (κ1) is 14.5. The fraction of sp³-hybridized carbons (Fsp3) is 0.455. The van der Waals surface area contributed by atoms with Crippen LogP contribution in [0, 0.1) is 11.6 Å². The molecule has 1 aliphatic heterocycles. The van der Waals surface area contributed by atoms with Crippen molar-refractivity contribution in [2.75, 3.05) is 13.2 Å². The Hall–Kier alpha value is -0.920. The molecule has 0 amide bonds. The van der Waals surface area contributed by atoms with Gasteiger partial charge in [0.05, 0.1) is 6.10 Å². The molecule has 0 spiro atoms. The number of rotatable bonds is 4. The molecule has 1 fully saturated rings. The average molecular weight is 313 g/mol. The normalized spacial score (nSPS) is 19.6. The Kier molecular flexibility index (Phi) is 4.27. The van der Waals surface area contributed by atoms with Crippen molar-refractivity contribution >= 4 is 19.7 Å². The van der Waals surface area contributed by atoms with E-state index in [9.17, 15) is 17.2 Å². The molecule has 0 aliphatic carbocycles. The van der Waals surface area contributed by atoms with E-state index in [-0.39, 0.29) is 12.7 Å². The summed E-state index contributed by atoms with van der Waals surface area (Å²) >= 11 is 0. The van der Waals surface area contributed by atoms with Crippen molar-refractivity contribution in [3.63, 3.8) is 0 Å². The number of halogens is 3. The predicted octanol–water partition coefficient (Wildman–Crippen LogP) is 2.45. The van der Waals surface area contributed by atoms with Gasteiger partial charge < -0.3 is 9.47 Å². The number of hydrogen-bond acceptors (Lipinski definition) is 4. The third-order valence-corrected chi connectivity index (χ3v) is 4.00. The smallest absolute Gasteiger partial charge is 0.265 e. The zero-order valence-corrected chi connectivity index (χ0v) is 11.3.